The first-order valence-electron chi connectivity index (χ1n) is 6.13. The summed E-state index contributed by atoms with van der Waals surface area (Å²) in [5, 5.41) is 15.5. The van der Waals surface area contributed by atoms with Crippen LogP contribution in [0.3, 0.4) is 0 Å². The number of anilines is 1. The molecule has 0 spiro atoms. The molecule has 0 aromatic heterocycles. The monoisotopic (exact) mass is 334 g/mol. The van der Waals surface area contributed by atoms with E-state index in [2.05, 4.69) is 26.6 Å². The van der Waals surface area contributed by atoms with Crippen molar-refractivity contribution >= 4 is 27.5 Å². The van der Waals surface area contributed by atoms with Gasteiger partial charge in [-0.05, 0) is 42.5 Å². The number of aromatic hydroxyl groups is 1. The second kappa shape index (κ2) is 6.43. The van der Waals surface area contributed by atoms with Gasteiger partial charge >= 0.3 is 0 Å². The van der Waals surface area contributed by atoms with E-state index in [0.29, 0.717) is 12.1 Å². The molecule has 3 N–H and O–H groups in total. The van der Waals surface area contributed by atoms with Crippen LogP contribution in [0.5, 0.6) is 5.75 Å². The predicted molar refractivity (Wildman–Crippen MR) is 83.0 cm³/mol. The Balaban J connectivity index is 2.04. The molecule has 2 aromatic rings. The number of carbonyl (C=O) groups excluding carboxylic acids is 1. The lowest BCUT2D eigenvalue weighted by molar-refractivity contribution is 0.0963. The summed E-state index contributed by atoms with van der Waals surface area (Å²) in [4.78, 5) is 11.4. The van der Waals surface area contributed by atoms with Crippen LogP contribution in [0.15, 0.2) is 46.9 Å². The Kier molecular flexibility index (Phi) is 4.63. The summed E-state index contributed by atoms with van der Waals surface area (Å²) >= 11 is 3.37. The number of phenols is 1. The molecule has 5 heteroatoms. The molecule has 0 saturated heterocycles. The molecule has 2 rings (SSSR count). The smallest absolute Gasteiger partial charge is 0.251 e. The van der Waals surface area contributed by atoms with Crippen molar-refractivity contribution in [1.29, 1.82) is 0 Å². The van der Waals surface area contributed by atoms with Crippen molar-refractivity contribution < 1.29 is 9.90 Å². The first kappa shape index (κ1) is 14.4. The fourth-order valence-corrected chi connectivity index (χ4v) is 2.19. The lowest BCUT2D eigenvalue weighted by Gasteiger charge is -2.09. The van der Waals surface area contributed by atoms with Crippen LogP contribution < -0.4 is 10.6 Å². The van der Waals surface area contributed by atoms with Crippen molar-refractivity contribution in [2.45, 2.75) is 6.54 Å². The van der Waals surface area contributed by atoms with Crippen LogP contribution in [-0.2, 0) is 6.54 Å². The van der Waals surface area contributed by atoms with Gasteiger partial charge in [-0.3, -0.25) is 4.79 Å². The predicted octanol–water partition coefficient (Wildman–Crippen LogP) is 3.13. The quantitative estimate of drug-likeness (QED) is 0.805. The summed E-state index contributed by atoms with van der Waals surface area (Å²) in [6, 6.07) is 12.5. The zero-order valence-corrected chi connectivity index (χ0v) is 12.6. The van der Waals surface area contributed by atoms with E-state index in [4.69, 9.17) is 0 Å². The molecule has 0 radical (unpaired) electrons. The Morgan fingerprint density at radius 1 is 1.20 bits per heavy atom. The maximum absolute atomic E-state index is 11.4. The molecule has 4 nitrogen and oxygen atoms in total. The van der Waals surface area contributed by atoms with Gasteiger partial charge in [0.25, 0.3) is 5.91 Å². The van der Waals surface area contributed by atoms with Crippen molar-refractivity contribution in [1.82, 2.24) is 5.32 Å². The van der Waals surface area contributed by atoms with Crippen LogP contribution in [-0.4, -0.2) is 18.1 Å². The topological polar surface area (TPSA) is 61.4 Å². The van der Waals surface area contributed by atoms with Gasteiger partial charge in [0.15, 0.2) is 0 Å². The highest BCUT2D eigenvalue weighted by molar-refractivity contribution is 9.10. The Morgan fingerprint density at radius 2 is 1.90 bits per heavy atom. The third-order valence-corrected chi connectivity index (χ3v) is 3.39. The number of amides is 1. The number of carbonyl (C=O) groups is 1. The molecular weight excluding hydrogens is 320 g/mol. The number of phenolic OH excluding ortho intramolecular Hbond substituents is 1. The third-order valence-electron chi connectivity index (χ3n) is 2.90. The second-order valence-electron chi connectivity index (χ2n) is 4.28. The number of benzene rings is 2. The number of hydrogen-bond donors (Lipinski definition) is 3. The molecule has 1 amide bonds. The minimum atomic E-state index is -0.110. The molecule has 0 aliphatic rings. The molecule has 0 unspecified atom stereocenters. The maximum atomic E-state index is 11.4. The molecule has 20 heavy (non-hydrogen) atoms. The summed E-state index contributed by atoms with van der Waals surface area (Å²) in [6.45, 7) is 0.505. The minimum Gasteiger partial charge on any atom is -0.508 e. The van der Waals surface area contributed by atoms with Crippen molar-refractivity contribution in [2.24, 2.45) is 0 Å². The fraction of sp³-hybridized carbons (Fsp3) is 0.133. The van der Waals surface area contributed by atoms with Gasteiger partial charge in [-0.25, -0.2) is 0 Å². The highest BCUT2D eigenvalue weighted by Gasteiger charge is 2.04. The van der Waals surface area contributed by atoms with Crippen molar-refractivity contribution in [3.63, 3.8) is 0 Å². The van der Waals surface area contributed by atoms with Gasteiger partial charge in [-0.1, -0.05) is 15.9 Å². The number of rotatable bonds is 4. The van der Waals surface area contributed by atoms with E-state index in [-0.39, 0.29) is 11.7 Å². The molecule has 2 aromatic carbocycles. The zero-order valence-electron chi connectivity index (χ0n) is 11.0. The van der Waals surface area contributed by atoms with Gasteiger partial charge < -0.3 is 15.7 Å². The maximum Gasteiger partial charge on any atom is 0.251 e. The SMILES string of the molecule is CNC(=O)c1ccc(NCc2cc(Br)ccc2O)cc1. The van der Waals surface area contributed by atoms with Gasteiger partial charge in [0.1, 0.15) is 5.75 Å². The van der Waals surface area contributed by atoms with Gasteiger partial charge in [0.2, 0.25) is 0 Å². The Hall–Kier alpha value is -2.01. The van der Waals surface area contributed by atoms with Gasteiger partial charge in [-0.2, -0.15) is 0 Å². The lowest BCUT2D eigenvalue weighted by atomic mass is 10.1. The zero-order chi connectivity index (χ0) is 14.5. The van der Waals surface area contributed by atoms with Crippen LogP contribution in [0.4, 0.5) is 5.69 Å². The van der Waals surface area contributed by atoms with Crippen molar-refractivity contribution in [3.05, 3.63) is 58.1 Å². The fourth-order valence-electron chi connectivity index (χ4n) is 1.78. The summed E-state index contributed by atoms with van der Waals surface area (Å²) in [7, 11) is 1.60. The number of nitrogens with one attached hydrogen (secondary N) is 2. The minimum absolute atomic E-state index is 0.110. The van der Waals surface area contributed by atoms with Gasteiger partial charge in [0, 0.05) is 34.9 Å². The van der Waals surface area contributed by atoms with Crippen molar-refractivity contribution in [2.75, 3.05) is 12.4 Å². The molecule has 0 aliphatic carbocycles. The summed E-state index contributed by atoms with van der Waals surface area (Å²) in [5.74, 6) is 0.142. The first-order chi connectivity index (χ1) is 9.60. The van der Waals surface area contributed by atoms with Crippen LogP contribution in [0, 0.1) is 0 Å². The molecule has 0 saturated carbocycles. The number of halogens is 1. The highest BCUT2D eigenvalue weighted by atomic mass is 79.9. The molecule has 0 bridgehead atoms. The van der Waals surface area contributed by atoms with Gasteiger partial charge in [-0.15, -0.1) is 0 Å². The summed E-state index contributed by atoms with van der Waals surface area (Å²) < 4.78 is 0.919. The normalized spacial score (nSPS) is 10.1. The van der Waals surface area contributed by atoms with Crippen LogP contribution in [0.2, 0.25) is 0 Å². The van der Waals surface area contributed by atoms with E-state index in [1.165, 1.54) is 0 Å². The molecular formula is C15H15BrN2O2. The lowest BCUT2D eigenvalue weighted by Crippen LogP contribution is -2.17. The average molecular weight is 335 g/mol. The summed E-state index contributed by atoms with van der Waals surface area (Å²) in [6.07, 6.45) is 0. The Bertz CT molecular complexity index is 612. The van der Waals surface area contributed by atoms with Crippen LogP contribution in [0.25, 0.3) is 0 Å². The van der Waals surface area contributed by atoms with Crippen LogP contribution in [0.1, 0.15) is 15.9 Å². The average Bonchev–Trinajstić information content (AvgIpc) is 2.48. The third kappa shape index (κ3) is 3.51. The first-order valence-corrected chi connectivity index (χ1v) is 6.93. The van der Waals surface area contributed by atoms with E-state index in [9.17, 15) is 9.90 Å². The molecule has 0 aliphatic heterocycles. The second-order valence-corrected chi connectivity index (χ2v) is 5.20. The molecule has 0 fully saturated rings. The Labute approximate surface area is 126 Å². The standard InChI is InChI=1S/C15H15BrN2O2/c1-17-15(20)10-2-5-13(6-3-10)18-9-11-8-12(16)4-7-14(11)19/h2-8,18-19H,9H2,1H3,(H,17,20). The van der Waals surface area contributed by atoms with Gasteiger partial charge in [0.05, 0.1) is 0 Å². The van der Waals surface area contributed by atoms with E-state index >= 15 is 0 Å². The molecule has 104 valence electrons. The van der Waals surface area contributed by atoms with Crippen LogP contribution >= 0.6 is 15.9 Å². The Morgan fingerprint density at radius 3 is 2.55 bits per heavy atom. The van der Waals surface area contributed by atoms with E-state index in [1.54, 1.807) is 31.3 Å². The highest BCUT2D eigenvalue weighted by Crippen LogP contribution is 2.23. The van der Waals surface area contributed by atoms with E-state index in [1.807, 2.05) is 18.2 Å². The molecule has 0 atom stereocenters. The summed E-state index contributed by atoms with van der Waals surface area (Å²) in [5.41, 5.74) is 2.30. The molecule has 0 heterocycles. The largest absolute Gasteiger partial charge is 0.508 e. The number of hydrogen-bond acceptors (Lipinski definition) is 3. The van der Waals surface area contributed by atoms with E-state index in [0.717, 1.165) is 15.7 Å². The van der Waals surface area contributed by atoms with Crippen molar-refractivity contribution in [3.8, 4) is 5.75 Å². The van der Waals surface area contributed by atoms with E-state index < -0.39 is 0 Å².